The number of aromatic nitrogens is 1. The molecule has 0 atom stereocenters. The number of hydrogen-bond donors (Lipinski definition) is 1. The van der Waals surface area contributed by atoms with Gasteiger partial charge in [0.05, 0.1) is 17.5 Å². The molecule has 0 saturated carbocycles. The predicted molar refractivity (Wildman–Crippen MR) is 74.3 cm³/mol. The molecule has 0 spiro atoms. The van der Waals surface area contributed by atoms with Gasteiger partial charge in [0.2, 0.25) is 5.82 Å². The zero-order valence-corrected chi connectivity index (χ0v) is 11.4. The van der Waals surface area contributed by atoms with E-state index in [0.29, 0.717) is 12.4 Å². The van der Waals surface area contributed by atoms with Crippen LogP contribution in [0.3, 0.4) is 0 Å². The zero-order chi connectivity index (χ0) is 14.5. The van der Waals surface area contributed by atoms with E-state index in [1.807, 2.05) is 0 Å². The van der Waals surface area contributed by atoms with E-state index in [-0.39, 0.29) is 11.7 Å². The van der Waals surface area contributed by atoms with E-state index in [1.165, 1.54) is 6.07 Å². The molecule has 2 rings (SSSR count). The van der Waals surface area contributed by atoms with Crippen LogP contribution in [0.5, 0.6) is 0 Å². The highest BCUT2D eigenvalue weighted by molar-refractivity contribution is 5.57. The lowest BCUT2D eigenvalue weighted by Gasteiger charge is -2.30. The molecular weight excluding hydrogens is 258 g/mol. The lowest BCUT2D eigenvalue weighted by molar-refractivity contribution is -0.384. The van der Waals surface area contributed by atoms with Gasteiger partial charge in [-0.05, 0) is 25.3 Å². The van der Waals surface area contributed by atoms with E-state index in [0.717, 1.165) is 31.5 Å². The van der Waals surface area contributed by atoms with Crippen molar-refractivity contribution in [3.63, 3.8) is 0 Å². The Hall–Kier alpha value is -2.20. The number of pyridine rings is 1. The van der Waals surface area contributed by atoms with Crippen LogP contribution in [0.15, 0.2) is 12.3 Å². The van der Waals surface area contributed by atoms with E-state index < -0.39 is 4.92 Å². The number of nitro groups is 1. The Kier molecular flexibility index (Phi) is 4.48. The number of likely N-dealkylation sites (tertiary alicyclic amines) is 1. The molecular formula is C13H17N5O2. The van der Waals surface area contributed by atoms with Crippen molar-refractivity contribution in [3.8, 4) is 6.07 Å². The first-order valence-electron chi connectivity index (χ1n) is 6.57. The molecule has 1 aromatic rings. The second-order valence-electron chi connectivity index (χ2n) is 4.99. The topological polar surface area (TPSA) is 95.1 Å². The van der Waals surface area contributed by atoms with Gasteiger partial charge in [0, 0.05) is 31.4 Å². The Bertz CT molecular complexity index is 532. The highest BCUT2D eigenvalue weighted by atomic mass is 16.6. The van der Waals surface area contributed by atoms with Crippen LogP contribution in [0.2, 0.25) is 0 Å². The highest BCUT2D eigenvalue weighted by Gasteiger charge is 2.22. The number of nitriles is 1. The van der Waals surface area contributed by atoms with Crippen molar-refractivity contribution >= 4 is 11.5 Å². The van der Waals surface area contributed by atoms with E-state index in [9.17, 15) is 10.1 Å². The molecule has 106 valence electrons. The van der Waals surface area contributed by atoms with Crippen molar-refractivity contribution in [1.29, 1.82) is 5.26 Å². The van der Waals surface area contributed by atoms with Crippen molar-refractivity contribution in [2.24, 2.45) is 0 Å². The largest absolute Gasteiger partial charge is 0.362 e. The fraction of sp³-hybridized carbons (Fsp3) is 0.538. The summed E-state index contributed by atoms with van der Waals surface area (Å²) in [6, 6.07) is 3.83. The van der Waals surface area contributed by atoms with Crippen molar-refractivity contribution in [2.45, 2.75) is 25.8 Å². The fourth-order valence-corrected chi connectivity index (χ4v) is 2.33. The number of aryl methyl sites for hydroxylation is 1. The van der Waals surface area contributed by atoms with Gasteiger partial charge in [-0.1, -0.05) is 0 Å². The molecule has 1 N–H and O–H groups in total. The van der Waals surface area contributed by atoms with Gasteiger partial charge < -0.3 is 5.32 Å². The third-order valence-corrected chi connectivity index (χ3v) is 3.42. The molecule has 0 aliphatic carbocycles. The first-order chi connectivity index (χ1) is 9.60. The minimum absolute atomic E-state index is 0.0180. The molecule has 7 nitrogen and oxygen atoms in total. The third-order valence-electron chi connectivity index (χ3n) is 3.42. The Balaban J connectivity index is 2.01. The van der Waals surface area contributed by atoms with Gasteiger partial charge >= 0.3 is 5.69 Å². The lowest BCUT2D eigenvalue weighted by atomic mass is 10.1. The number of piperidine rings is 1. The van der Waals surface area contributed by atoms with Crippen molar-refractivity contribution in [2.75, 3.05) is 25.0 Å². The van der Waals surface area contributed by atoms with Crippen LogP contribution in [-0.4, -0.2) is 40.5 Å². The van der Waals surface area contributed by atoms with E-state index in [4.69, 9.17) is 5.26 Å². The maximum atomic E-state index is 11.0. The molecule has 20 heavy (non-hydrogen) atoms. The second kappa shape index (κ2) is 6.30. The van der Waals surface area contributed by atoms with Crippen molar-refractivity contribution in [1.82, 2.24) is 9.88 Å². The quantitative estimate of drug-likeness (QED) is 0.510. The zero-order valence-electron chi connectivity index (χ0n) is 11.4. The first kappa shape index (κ1) is 14.2. The van der Waals surface area contributed by atoms with Gasteiger partial charge in [-0.15, -0.1) is 0 Å². The summed E-state index contributed by atoms with van der Waals surface area (Å²) in [5, 5.41) is 22.8. The van der Waals surface area contributed by atoms with Gasteiger partial charge in [-0.2, -0.15) is 5.26 Å². The fourth-order valence-electron chi connectivity index (χ4n) is 2.33. The Morgan fingerprint density at radius 1 is 1.60 bits per heavy atom. The summed E-state index contributed by atoms with van der Waals surface area (Å²) in [7, 11) is 0. The van der Waals surface area contributed by atoms with Gasteiger partial charge in [0.1, 0.15) is 0 Å². The van der Waals surface area contributed by atoms with Crippen molar-refractivity contribution < 1.29 is 4.92 Å². The van der Waals surface area contributed by atoms with E-state index in [2.05, 4.69) is 21.3 Å². The maximum Gasteiger partial charge on any atom is 0.311 e. The summed E-state index contributed by atoms with van der Waals surface area (Å²) in [5.74, 6) is 0.333. The predicted octanol–water partition coefficient (Wildman–Crippen LogP) is 1.70. The van der Waals surface area contributed by atoms with E-state index in [1.54, 1.807) is 13.1 Å². The number of rotatable bonds is 4. The summed E-state index contributed by atoms with van der Waals surface area (Å²) >= 11 is 0. The van der Waals surface area contributed by atoms with Gasteiger partial charge in [0.25, 0.3) is 0 Å². The smallest absolute Gasteiger partial charge is 0.311 e. The minimum Gasteiger partial charge on any atom is -0.362 e. The number of anilines is 1. The third kappa shape index (κ3) is 3.42. The Morgan fingerprint density at radius 3 is 2.90 bits per heavy atom. The molecule has 1 aliphatic rings. The highest BCUT2D eigenvalue weighted by Crippen LogP contribution is 2.25. The average Bonchev–Trinajstić information content (AvgIpc) is 2.43. The number of nitrogens with one attached hydrogen (secondary N) is 1. The van der Waals surface area contributed by atoms with Crippen LogP contribution in [0.25, 0.3) is 0 Å². The monoisotopic (exact) mass is 275 g/mol. The summed E-state index contributed by atoms with van der Waals surface area (Å²) in [5.41, 5.74) is 0.788. The van der Waals surface area contributed by atoms with Crippen LogP contribution in [0.1, 0.15) is 18.4 Å². The van der Waals surface area contributed by atoms with Gasteiger partial charge in [-0.3, -0.25) is 15.0 Å². The maximum absolute atomic E-state index is 11.0. The number of hydrogen-bond acceptors (Lipinski definition) is 6. The van der Waals surface area contributed by atoms with Crippen LogP contribution < -0.4 is 5.32 Å². The molecule has 1 saturated heterocycles. The van der Waals surface area contributed by atoms with Crippen LogP contribution in [0, 0.1) is 28.4 Å². The van der Waals surface area contributed by atoms with Gasteiger partial charge in [0.15, 0.2) is 0 Å². The van der Waals surface area contributed by atoms with Crippen LogP contribution in [0.4, 0.5) is 11.5 Å². The van der Waals surface area contributed by atoms with Crippen LogP contribution >= 0.6 is 0 Å². The second-order valence-corrected chi connectivity index (χ2v) is 4.99. The normalized spacial score (nSPS) is 16.6. The first-order valence-corrected chi connectivity index (χ1v) is 6.57. The molecule has 1 aliphatic heterocycles. The molecule has 0 amide bonds. The Labute approximate surface area is 117 Å². The molecule has 7 heteroatoms. The molecule has 0 radical (unpaired) electrons. The molecule has 2 heterocycles. The van der Waals surface area contributed by atoms with E-state index >= 15 is 0 Å². The molecule has 1 aromatic heterocycles. The number of nitrogens with zero attached hydrogens (tertiary/aromatic N) is 4. The van der Waals surface area contributed by atoms with Crippen molar-refractivity contribution in [3.05, 3.63) is 27.9 Å². The van der Waals surface area contributed by atoms with Crippen LogP contribution in [-0.2, 0) is 0 Å². The summed E-state index contributed by atoms with van der Waals surface area (Å²) in [6.45, 7) is 3.87. The average molecular weight is 275 g/mol. The molecule has 0 unspecified atom stereocenters. The standard InChI is InChI=1S/C13H17N5O2/c1-10-8-12(18(19)20)13(15-9-10)16-11-2-5-17(6-3-11)7-4-14/h8-9,11H,2-3,5-7H2,1H3,(H,15,16). The molecule has 0 aromatic carbocycles. The summed E-state index contributed by atoms with van der Waals surface area (Å²) in [4.78, 5) is 16.8. The molecule has 1 fully saturated rings. The minimum atomic E-state index is -0.410. The molecule has 0 bridgehead atoms. The Morgan fingerprint density at radius 2 is 2.30 bits per heavy atom. The van der Waals surface area contributed by atoms with Gasteiger partial charge in [-0.25, -0.2) is 4.98 Å². The summed E-state index contributed by atoms with van der Waals surface area (Å²) < 4.78 is 0. The lowest BCUT2D eigenvalue weighted by Crippen LogP contribution is -2.39. The SMILES string of the molecule is Cc1cnc(NC2CCN(CC#N)CC2)c([N+](=O)[O-])c1. The summed E-state index contributed by atoms with van der Waals surface area (Å²) in [6.07, 6.45) is 3.34.